The van der Waals surface area contributed by atoms with E-state index in [0.717, 1.165) is 5.56 Å². The van der Waals surface area contributed by atoms with Crippen molar-refractivity contribution >= 4 is 38.9 Å². The van der Waals surface area contributed by atoms with E-state index in [9.17, 15) is 8.42 Å². The molecule has 0 amide bonds. The molecular formula is C15H12Cl2N2O2S. The highest BCUT2D eigenvalue weighted by Crippen LogP contribution is 2.33. The third-order valence-electron chi connectivity index (χ3n) is 2.95. The second-order valence-electron chi connectivity index (χ2n) is 4.69. The number of anilines is 1. The van der Waals surface area contributed by atoms with Gasteiger partial charge in [0, 0.05) is 0 Å². The number of halogens is 2. The van der Waals surface area contributed by atoms with E-state index in [4.69, 9.17) is 28.5 Å². The third kappa shape index (κ3) is 3.72. The van der Waals surface area contributed by atoms with Crippen LogP contribution in [0.15, 0.2) is 41.3 Å². The number of nitrogens with zero attached hydrogens (tertiary/aromatic N) is 1. The van der Waals surface area contributed by atoms with Gasteiger partial charge in [-0.1, -0.05) is 40.9 Å². The van der Waals surface area contributed by atoms with Crippen LogP contribution >= 0.6 is 23.2 Å². The van der Waals surface area contributed by atoms with Gasteiger partial charge in [-0.25, -0.2) is 8.42 Å². The van der Waals surface area contributed by atoms with Gasteiger partial charge in [0.2, 0.25) is 0 Å². The molecule has 0 radical (unpaired) electrons. The zero-order chi connectivity index (χ0) is 16.3. The number of benzene rings is 2. The number of aryl methyl sites for hydroxylation is 1. The first-order chi connectivity index (χ1) is 10.3. The van der Waals surface area contributed by atoms with E-state index < -0.39 is 10.0 Å². The predicted molar refractivity (Wildman–Crippen MR) is 87.8 cm³/mol. The van der Waals surface area contributed by atoms with Crippen LogP contribution in [0, 0.1) is 18.3 Å². The van der Waals surface area contributed by atoms with Crippen molar-refractivity contribution in [3.05, 3.63) is 57.6 Å². The van der Waals surface area contributed by atoms with E-state index in [2.05, 4.69) is 4.72 Å². The summed E-state index contributed by atoms with van der Waals surface area (Å²) in [6, 6.07) is 11.4. The van der Waals surface area contributed by atoms with E-state index >= 15 is 0 Å². The van der Waals surface area contributed by atoms with Crippen LogP contribution in [0.2, 0.25) is 10.0 Å². The molecule has 0 heterocycles. The number of hydrogen-bond donors (Lipinski definition) is 1. The Kier molecular flexibility index (Phi) is 4.97. The molecular weight excluding hydrogens is 343 g/mol. The lowest BCUT2D eigenvalue weighted by molar-refractivity contribution is 0.601. The van der Waals surface area contributed by atoms with Crippen molar-refractivity contribution in [2.24, 2.45) is 0 Å². The van der Waals surface area contributed by atoms with E-state index in [1.807, 2.05) is 13.0 Å². The lowest BCUT2D eigenvalue weighted by Crippen LogP contribution is -2.13. The Labute approximate surface area is 139 Å². The normalized spacial score (nSPS) is 11.0. The molecule has 0 aromatic heterocycles. The summed E-state index contributed by atoms with van der Waals surface area (Å²) in [7, 11) is -3.78. The molecule has 2 aromatic carbocycles. The van der Waals surface area contributed by atoms with E-state index in [1.54, 1.807) is 12.1 Å². The summed E-state index contributed by atoms with van der Waals surface area (Å²) in [5, 5.41) is 8.97. The van der Waals surface area contributed by atoms with Gasteiger partial charge in [-0.15, -0.1) is 0 Å². The Balaban J connectivity index is 2.38. The van der Waals surface area contributed by atoms with Gasteiger partial charge in [-0.2, -0.15) is 5.26 Å². The molecule has 0 fully saturated rings. The minimum Gasteiger partial charge on any atom is -0.277 e. The Morgan fingerprint density at radius 1 is 1.14 bits per heavy atom. The summed E-state index contributed by atoms with van der Waals surface area (Å²) >= 11 is 12.1. The Morgan fingerprint density at radius 2 is 1.68 bits per heavy atom. The molecule has 114 valence electrons. The Morgan fingerprint density at radius 3 is 2.18 bits per heavy atom. The lowest BCUT2D eigenvalue weighted by atomic mass is 10.1. The van der Waals surface area contributed by atoms with Crippen LogP contribution in [-0.4, -0.2) is 8.42 Å². The van der Waals surface area contributed by atoms with Crippen LogP contribution in [0.3, 0.4) is 0 Å². The predicted octanol–water partition coefficient (Wildman–Crippen LogP) is 4.17. The molecule has 0 atom stereocenters. The second kappa shape index (κ2) is 6.57. The van der Waals surface area contributed by atoms with Crippen molar-refractivity contribution in [2.75, 3.05) is 4.72 Å². The summed E-state index contributed by atoms with van der Waals surface area (Å²) in [4.78, 5) is 0.117. The van der Waals surface area contributed by atoms with Gasteiger partial charge in [-0.05, 0) is 36.8 Å². The van der Waals surface area contributed by atoms with Crippen molar-refractivity contribution in [1.29, 1.82) is 5.26 Å². The standard InChI is InChI=1S/C15H12Cl2N2O2S/c1-10-2-4-12(5-3-10)22(20,21)19-15-13(16)8-11(6-7-18)9-14(15)17/h2-5,8-9,19H,6H2,1H3. The van der Waals surface area contributed by atoms with Gasteiger partial charge < -0.3 is 0 Å². The largest absolute Gasteiger partial charge is 0.277 e. The molecule has 7 heteroatoms. The molecule has 1 N–H and O–H groups in total. The van der Waals surface area contributed by atoms with Crippen molar-refractivity contribution in [2.45, 2.75) is 18.2 Å². The molecule has 0 bridgehead atoms. The van der Waals surface area contributed by atoms with E-state index in [-0.39, 0.29) is 27.0 Å². The van der Waals surface area contributed by atoms with Gasteiger partial charge in [-0.3, -0.25) is 4.72 Å². The first-order valence-electron chi connectivity index (χ1n) is 6.28. The van der Waals surface area contributed by atoms with Gasteiger partial charge in [0.1, 0.15) is 0 Å². The molecule has 0 aliphatic heterocycles. The molecule has 0 aliphatic carbocycles. The van der Waals surface area contributed by atoms with Crippen molar-refractivity contribution in [3.8, 4) is 6.07 Å². The van der Waals surface area contributed by atoms with Crippen LogP contribution < -0.4 is 4.72 Å². The van der Waals surface area contributed by atoms with Crippen LogP contribution in [0.4, 0.5) is 5.69 Å². The van der Waals surface area contributed by atoms with E-state index in [0.29, 0.717) is 5.56 Å². The maximum atomic E-state index is 12.3. The fourth-order valence-corrected chi connectivity index (χ4v) is 3.67. The number of nitrogens with one attached hydrogen (secondary N) is 1. The van der Waals surface area contributed by atoms with Gasteiger partial charge in [0.05, 0.1) is 33.1 Å². The minimum atomic E-state index is -3.78. The summed E-state index contributed by atoms with van der Waals surface area (Å²) < 4.78 is 27.1. The number of hydrogen-bond acceptors (Lipinski definition) is 3. The number of rotatable bonds is 4. The summed E-state index contributed by atoms with van der Waals surface area (Å²) in [5.74, 6) is 0. The smallest absolute Gasteiger partial charge is 0.261 e. The summed E-state index contributed by atoms with van der Waals surface area (Å²) in [5.41, 5.74) is 1.68. The average Bonchev–Trinajstić information content (AvgIpc) is 2.44. The molecule has 0 unspecified atom stereocenters. The third-order valence-corrected chi connectivity index (χ3v) is 4.91. The highest BCUT2D eigenvalue weighted by molar-refractivity contribution is 7.92. The first-order valence-corrected chi connectivity index (χ1v) is 8.52. The molecule has 2 rings (SSSR count). The van der Waals surface area contributed by atoms with Crippen molar-refractivity contribution in [3.63, 3.8) is 0 Å². The van der Waals surface area contributed by atoms with Crippen molar-refractivity contribution in [1.82, 2.24) is 0 Å². The fraction of sp³-hybridized carbons (Fsp3) is 0.133. The maximum absolute atomic E-state index is 12.3. The quantitative estimate of drug-likeness (QED) is 0.895. The lowest BCUT2D eigenvalue weighted by Gasteiger charge is -2.12. The fourth-order valence-electron chi connectivity index (χ4n) is 1.83. The second-order valence-corrected chi connectivity index (χ2v) is 7.18. The SMILES string of the molecule is Cc1ccc(S(=O)(=O)Nc2c(Cl)cc(CC#N)cc2Cl)cc1. The topological polar surface area (TPSA) is 70.0 Å². The Hall–Kier alpha value is -1.74. The van der Waals surface area contributed by atoms with Crippen LogP contribution in [0.25, 0.3) is 0 Å². The number of nitriles is 1. The molecule has 4 nitrogen and oxygen atoms in total. The Bertz CT molecular complexity index is 818. The highest BCUT2D eigenvalue weighted by Gasteiger charge is 2.18. The van der Waals surface area contributed by atoms with Crippen LogP contribution in [-0.2, 0) is 16.4 Å². The van der Waals surface area contributed by atoms with Gasteiger partial charge in [0.15, 0.2) is 0 Å². The van der Waals surface area contributed by atoms with Gasteiger partial charge in [0.25, 0.3) is 10.0 Å². The van der Waals surface area contributed by atoms with Crippen molar-refractivity contribution < 1.29 is 8.42 Å². The van der Waals surface area contributed by atoms with E-state index in [1.165, 1.54) is 24.3 Å². The van der Waals surface area contributed by atoms with Crippen LogP contribution in [0.5, 0.6) is 0 Å². The zero-order valence-electron chi connectivity index (χ0n) is 11.6. The zero-order valence-corrected chi connectivity index (χ0v) is 13.9. The summed E-state index contributed by atoms with van der Waals surface area (Å²) in [6.07, 6.45) is 0.143. The molecule has 0 aliphatic rings. The molecule has 0 spiro atoms. The maximum Gasteiger partial charge on any atom is 0.261 e. The molecule has 2 aromatic rings. The summed E-state index contributed by atoms with van der Waals surface area (Å²) in [6.45, 7) is 1.87. The minimum absolute atomic E-state index is 0.102. The molecule has 0 saturated carbocycles. The van der Waals surface area contributed by atoms with Crippen LogP contribution in [0.1, 0.15) is 11.1 Å². The first kappa shape index (κ1) is 16.6. The monoisotopic (exact) mass is 354 g/mol. The van der Waals surface area contributed by atoms with Gasteiger partial charge >= 0.3 is 0 Å². The number of sulfonamides is 1. The molecule has 0 saturated heterocycles. The average molecular weight is 355 g/mol. The molecule has 22 heavy (non-hydrogen) atoms. The highest BCUT2D eigenvalue weighted by atomic mass is 35.5.